The predicted molar refractivity (Wildman–Crippen MR) is 37.5 cm³/mol. The molecule has 64 valence electrons. The zero-order valence-corrected chi connectivity index (χ0v) is 5.98. The molecular weight excluding hydrogens is 162 g/mol. The Morgan fingerprint density at radius 2 is 2.33 bits per heavy atom. The molecule has 0 saturated carbocycles. The van der Waals surface area contributed by atoms with Crippen LogP contribution >= 0.6 is 0 Å². The summed E-state index contributed by atoms with van der Waals surface area (Å²) in [6, 6.07) is 1.25. The molecule has 0 spiro atoms. The number of hydrogen-bond donors (Lipinski definition) is 2. The molecule has 0 radical (unpaired) electrons. The van der Waals surface area contributed by atoms with Crippen molar-refractivity contribution >= 4 is 11.7 Å². The van der Waals surface area contributed by atoms with Gasteiger partial charge in [0.05, 0.1) is 17.2 Å². The molecule has 0 unspecified atom stereocenters. The first-order chi connectivity index (χ1) is 5.65. The van der Waals surface area contributed by atoms with E-state index in [2.05, 4.69) is 5.43 Å². The van der Waals surface area contributed by atoms with Gasteiger partial charge >= 0.3 is 0 Å². The summed E-state index contributed by atoms with van der Waals surface area (Å²) in [5.41, 5.74) is 2.00. The van der Waals surface area contributed by atoms with Gasteiger partial charge in [0.15, 0.2) is 12.4 Å². The highest BCUT2D eigenvalue weighted by Gasteiger charge is 2.05. The topological polar surface area (TPSA) is 105 Å². The van der Waals surface area contributed by atoms with E-state index >= 15 is 0 Å². The van der Waals surface area contributed by atoms with Crippen LogP contribution in [0.1, 0.15) is 10.4 Å². The summed E-state index contributed by atoms with van der Waals surface area (Å²) in [6.45, 7) is 0. The van der Waals surface area contributed by atoms with Crippen molar-refractivity contribution in [2.75, 3.05) is 5.43 Å². The van der Waals surface area contributed by atoms with Crippen LogP contribution in [0, 0.1) is 5.21 Å². The van der Waals surface area contributed by atoms with Crippen molar-refractivity contribution in [2.24, 2.45) is 5.84 Å². The number of rotatable bonds is 2. The second kappa shape index (κ2) is 3.05. The van der Waals surface area contributed by atoms with Gasteiger partial charge < -0.3 is 20.5 Å². The summed E-state index contributed by atoms with van der Waals surface area (Å²) in [6.07, 6.45) is 1.99. The average Bonchev–Trinajstić information content (AvgIpc) is 2.04. The van der Waals surface area contributed by atoms with E-state index in [0.717, 1.165) is 12.4 Å². The third-order valence-electron chi connectivity index (χ3n) is 1.31. The maximum absolute atomic E-state index is 10.6. The first-order valence-electron chi connectivity index (χ1n) is 3.06. The van der Waals surface area contributed by atoms with Gasteiger partial charge in [0.1, 0.15) is 0 Å². The molecule has 1 heterocycles. The van der Waals surface area contributed by atoms with Gasteiger partial charge in [0.25, 0.3) is 0 Å². The second-order valence-corrected chi connectivity index (χ2v) is 2.06. The van der Waals surface area contributed by atoms with E-state index in [1.807, 2.05) is 0 Å². The summed E-state index contributed by atoms with van der Waals surface area (Å²) < 4.78 is 0.353. The molecule has 0 aromatic carbocycles. The molecule has 0 amide bonds. The number of hydrogen-bond acceptors (Lipinski definition) is 5. The molecule has 0 fully saturated rings. The van der Waals surface area contributed by atoms with Gasteiger partial charge in [-0.05, 0) is 0 Å². The standard InChI is InChI=1S/C6H7N3O3/c7-8-5-1-2-9(12)3-4(5)6(10)11/h1-3,8H,7H2,(H,10,11)/p-1. The molecule has 0 saturated heterocycles. The lowest BCUT2D eigenvalue weighted by Crippen LogP contribution is -2.32. The molecule has 6 nitrogen and oxygen atoms in total. The van der Waals surface area contributed by atoms with Crippen LogP contribution in [0.4, 0.5) is 5.69 Å². The molecule has 1 aromatic rings. The Morgan fingerprint density at radius 1 is 1.67 bits per heavy atom. The summed E-state index contributed by atoms with van der Waals surface area (Å²) in [4.78, 5) is 10.4. The Morgan fingerprint density at radius 3 is 2.83 bits per heavy atom. The molecule has 3 N–H and O–H groups in total. The molecule has 0 bridgehead atoms. The Labute approximate surface area is 67.8 Å². The summed E-state index contributed by atoms with van der Waals surface area (Å²) in [7, 11) is 0. The van der Waals surface area contributed by atoms with Crippen LogP contribution < -0.4 is 21.1 Å². The van der Waals surface area contributed by atoms with Crippen LogP contribution in [0.2, 0.25) is 0 Å². The van der Waals surface area contributed by atoms with Gasteiger partial charge in [-0.3, -0.25) is 5.84 Å². The van der Waals surface area contributed by atoms with E-state index in [1.54, 1.807) is 0 Å². The lowest BCUT2D eigenvalue weighted by atomic mass is 10.2. The third-order valence-corrected chi connectivity index (χ3v) is 1.31. The van der Waals surface area contributed by atoms with Crippen LogP contribution in [0.3, 0.4) is 0 Å². The van der Waals surface area contributed by atoms with Crippen molar-refractivity contribution in [3.63, 3.8) is 0 Å². The number of pyridine rings is 1. The molecule has 0 aliphatic carbocycles. The maximum atomic E-state index is 10.6. The van der Waals surface area contributed by atoms with Crippen molar-refractivity contribution in [3.8, 4) is 0 Å². The normalized spacial score (nSPS) is 9.42. The number of carbonyl (C=O) groups is 1. The van der Waals surface area contributed by atoms with Gasteiger partial charge in [0.2, 0.25) is 0 Å². The first kappa shape index (κ1) is 8.28. The number of aromatic carboxylic acids is 1. The number of carboxylic acid groups (broad SMARTS) is 1. The Bertz CT molecular complexity index is 313. The van der Waals surface area contributed by atoms with Crippen LogP contribution in [0.5, 0.6) is 0 Å². The third kappa shape index (κ3) is 1.43. The van der Waals surface area contributed by atoms with Gasteiger partial charge in [-0.25, -0.2) is 0 Å². The van der Waals surface area contributed by atoms with E-state index in [9.17, 15) is 15.1 Å². The number of nitrogens with one attached hydrogen (secondary N) is 1. The quantitative estimate of drug-likeness (QED) is 0.229. The molecule has 12 heavy (non-hydrogen) atoms. The van der Waals surface area contributed by atoms with Crippen molar-refractivity contribution < 1.29 is 14.6 Å². The number of hydrazine groups is 1. The molecular formula is C6H6N3O3-. The summed E-state index contributed by atoms with van der Waals surface area (Å²) in [5, 5.41) is 21.0. The molecule has 0 aliphatic heterocycles. The number of carboxylic acids is 1. The predicted octanol–water partition coefficient (Wildman–Crippen LogP) is -2.03. The van der Waals surface area contributed by atoms with E-state index in [-0.39, 0.29) is 11.3 Å². The number of carbonyl (C=O) groups excluding carboxylic acids is 1. The van der Waals surface area contributed by atoms with Gasteiger partial charge in [-0.1, -0.05) is 0 Å². The fourth-order valence-electron chi connectivity index (χ4n) is 0.766. The smallest absolute Gasteiger partial charge is 0.191 e. The second-order valence-electron chi connectivity index (χ2n) is 2.06. The van der Waals surface area contributed by atoms with Crippen LogP contribution in [0.15, 0.2) is 18.5 Å². The molecule has 0 aliphatic rings. The van der Waals surface area contributed by atoms with E-state index < -0.39 is 5.97 Å². The largest absolute Gasteiger partial charge is 0.619 e. The highest BCUT2D eigenvalue weighted by molar-refractivity contribution is 5.91. The van der Waals surface area contributed by atoms with Crippen molar-refractivity contribution in [3.05, 3.63) is 29.2 Å². The number of aromatic nitrogens is 1. The molecule has 6 heteroatoms. The van der Waals surface area contributed by atoms with Gasteiger partial charge in [-0.15, -0.1) is 0 Å². The number of anilines is 1. The van der Waals surface area contributed by atoms with Gasteiger partial charge in [0, 0.05) is 6.07 Å². The fraction of sp³-hybridized carbons (Fsp3) is 0. The Kier molecular flexibility index (Phi) is 2.11. The minimum Gasteiger partial charge on any atom is -0.619 e. The van der Waals surface area contributed by atoms with Crippen molar-refractivity contribution in [1.82, 2.24) is 0 Å². The maximum Gasteiger partial charge on any atom is 0.191 e. The average molecular weight is 168 g/mol. The summed E-state index contributed by atoms with van der Waals surface area (Å²) >= 11 is 0. The van der Waals surface area contributed by atoms with E-state index in [4.69, 9.17) is 5.84 Å². The minimum atomic E-state index is -1.45. The number of nitrogens with two attached hydrogens (primary N) is 1. The Hall–Kier alpha value is -1.82. The first-order valence-corrected chi connectivity index (χ1v) is 3.06. The van der Waals surface area contributed by atoms with Gasteiger partial charge in [-0.2, -0.15) is 4.73 Å². The fourth-order valence-corrected chi connectivity index (χ4v) is 0.766. The highest BCUT2D eigenvalue weighted by Crippen LogP contribution is 2.08. The number of nitrogens with zero attached hydrogens (tertiary/aromatic N) is 1. The SMILES string of the molecule is NNc1cc[n+]([O-])cc1C(=O)[O-]. The zero-order valence-electron chi connectivity index (χ0n) is 5.98. The monoisotopic (exact) mass is 168 g/mol. The van der Waals surface area contributed by atoms with Crippen molar-refractivity contribution in [1.29, 1.82) is 0 Å². The lowest BCUT2D eigenvalue weighted by Gasteiger charge is -2.07. The molecule has 0 atom stereocenters. The number of nitrogen functional groups attached to an aromatic ring is 1. The van der Waals surface area contributed by atoms with Crippen molar-refractivity contribution in [2.45, 2.75) is 0 Å². The molecule has 1 rings (SSSR count). The van der Waals surface area contributed by atoms with E-state index in [1.165, 1.54) is 6.07 Å². The highest BCUT2D eigenvalue weighted by atomic mass is 16.5. The van der Waals surface area contributed by atoms with Crippen LogP contribution in [-0.4, -0.2) is 5.97 Å². The lowest BCUT2D eigenvalue weighted by molar-refractivity contribution is -0.605. The molecule has 1 aromatic heterocycles. The van der Waals surface area contributed by atoms with Crippen LogP contribution in [0.25, 0.3) is 0 Å². The Balaban J connectivity index is 3.21. The summed E-state index contributed by atoms with van der Waals surface area (Å²) in [5.74, 6) is 3.54. The zero-order chi connectivity index (χ0) is 9.14. The minimum absolute atomic E-state index is 0.141. The van der Waals surface area contributed by atoms with E-state index in [0.29, 0.717) is 4.73 Å². The van der Waals surface area contributed by atoms with Crippen LogP contribution in [-0.2, 0) is 0 Å².